The van der Waals surface area contributed by atoms with Gasteiger partial charge >= 0.3 is 5.97 Å². The van der Waals surface area contributed by atoms with Gasteiger partial charge < -0.3 is 5.11 Å². The number of benzene rings is 2. The van der Waals surface area contributed by atoms with Gasteiger partial charge in [-0.1, -0.05) is 46.3 Å². The molecule has 0 spiro atoms. The third kappa shape index (κ3) is 2.59. The van der Waals surface area contributed by atoms with E-state index in [4.69, 9.17) is 5.11 Å². The monoisotopic (exact) mass is 308 g/mol. The first kappa shape index (κ1) is 12.8. The van der Waals surface area contributed by atoms with Crippen molar-refractivity contribution in [2.75, 3.05) is 0 Å². The highest BCUT2D eigenvalue weighted by Gasteiger charge is 2.17. The summed E-state index contributed by atoms with van der Waals surface area (Å²) in [6.07, 6.45) is 0. The zero-order valence-electron chi connectivity index (χ0n) is 9.31. The van der Waals surface area contributed by atoms with Gasteiger partial charge in [-0.15, -0.1) is 0 Å². The number of carboxylic acid groups (broad SMARTS) is 1. The fraction of sp³-hybridized carbons (Fsp3) is 0.0714. The summed E-state index contributed by atoms with van der Waals surface area (Å²) in [5, 5.41) is 9.12. The Labute approximate surface area is 112 Å². The van der Waals surface area contributed by atoms with Crippen molar-refractivity contribution in [3.05, 3.63) is 71.0 Å². The minimum absolute atomic E-state index is 0.240. The zero-order valence-corrected chi connectivity index (χ0v) is 10.9. The largest absolute Gasteiger partial charge is 0.478 e. The molecule has 2 aromatic rings. The lowest BCUT2D eigenvalue weighted by Gasteiger charge is -2.13. The maximum Gasteiger partial charge on any atom is 0.336 e. The lowest BCUT2D eigenvalue weighted by molar-refractivity contribution is 0.0696. The van der Waals surface area contributed by atoms with Gasteiger partial charge in [-0.25, -0.2) is 9.18 Å². The SMILES string of the molecule is O=C(O)c1ccccc1C(Br)c1ccc(F)cc1. The molecule has 4 heteroatoms. The zero-order chi connectivity index (χ0) is 13.1. The highest BCUT2D eigenvalue weighted by atomic mass is 79.9. The summed E-state index contributed by atoms with van der Waals surface area (Å²) in [7, 11) is 0. The summed E-state index contributed by atoms with van der Waals surface area (Å²) < 4.78 is 12.9. The number of halogens is 2. The second-order valence-electron chi connectivity index (χ2n) is 3.81. The highest BCUT2D eigenvalue weighted by molar-refractivity contribution is 9.09. The Bertz CT molecular complexity index is 566. The molecule has 1 unspecified atom stereocenters. The molecule has 2 rings (SSSR count). The minimum Gasteiger partial charge on any atom is -0.478 e. The summed E-state index contributed by atoms with van der Waals surface area (Å²) in [6, 6.07) is 12.7. The smallest absolute Gasteiger partial charge is 0.336 e. The van der Waals surface area contributed by atoms with Gasteiger partial charge in [0.25, 0.3) is 0 Å². The molecule has 0 heterocycles. The number of alkyl halides is 1. The van der Waals surface area contributed by atoms with Crippen LogP contribution in [0.3, 0.4) is 0 Å². The van der Waals surface area contributed by atoms with Crippen LogP contribution >= 0.6 is 15.9 Å². The lowest BCUT2D eigenvalue weighted by atomic mass is 10.00. The predicted octanol–water partition coefficient (Wildman–Crippen LogP) is 4.01. The van der Waals surface area contributed by atoms with Crippen molar-refractivity contribution >= 4 is 21.9 Å². The molecule has 0 fully saturated rings. The molecule has 0 saturated carbocycles. The normalized spacial score (nSPS) is 12.1. The maximum atomic E-state index is 12.9. The molecule has 18 heavy (non-hydrogen) atoms. The van der Waals surface area contributed by atoms with Crippen molar-refractivity contribution in [1.29, 1.82) is 0 Å². The topological polar surface area (TPSA) is 37.3 Å². The maximum absolute atomic E-state index is 12.9. The summed E-state index contributed by atoms with van der Waals surface area (Å²) in [4.78, 5) is 10.9. The van der Waals surface area contributed by atoms with Crippen molar-refractivity contribution in [2.24, 2.45) is 0 Å². The van der Waals surface area contributed by atoms with Crippen molar-refractivity contribution in [3.63, 3.8) is 0 Å². The van der Waals surface area contributed by atoms with Crippen LogP contribution in [0, 0.1) is 5.82 Å². The highest BCUT2D eigenvalue weighted by Crippen LogP contribution is 2.32. The van der Waals surface area contributed by atoms with Gasteiger partial charge in [0.2, 0.25) is 0 Å². The van der Waals surface area contributed by atoms with E-state index in [1.165, 1.54) is 12.1 Å². The van der Waals surface area contributed by atoms with Crippen LogP contribution in [0.4, 0.5) is 4.39 Å². The number of carbonyl (C=O) groups is 1. The fourth-order valence-electron chi connectivity index (χ4n) is 1.72. The fourth-order valence-corrected chi connectivity index (χ4v) is 2.43. The van der Waals surface area contributed by atoms with Crippen LogP contribution in [0.25, 0.3) is 0 Å². The minimum atomic E-state index is -0.975. The van der Waals surface area contributed by atoms with Crippen LogP contribution in [0.5, 0.6) is 0 Å². The summed E-state index contributed by atoms with van der Waals surface area (Å²) >= 11 is 3.45. The van der Waals surface area contributed by atoms with Crippen molar-refractivity contribution in [2.45, 2.75) is 4.83 Å². The molecule has 0 amide bonds. The molecule has 0 aliphatic carbocycles. The molecule has 0 aliphatic heterocycles. The molecule has 0 bridgehead atoms. The summed E-state index contributed by atoms with van der Waals surface area (Å²) in [6.45, 7) is 0. The van der Waals surface area contributed by atoms with Crippen LogP contribution < -0.4 is 0 Å². The van der Waals surface area contributed by atoms with Gasteiger partial charge in [0.15, 0.2) is 0 Å². The number of aromatic carboxylic acids is 1. The first-order chi connectivity index (χ1) is 8.59. The average molecular weight is 309 g/mol. The van der Waals surface area contributed by atoms with Crippen LogP contribution in [0.2, 0.25) is 0 Å². The number of carboxylic acids is 1. The molecule has 1 N–H and O–H groups in total. The quantitative estimate of drug-likeness (QED) is 0.870. The Balaban J connectivity index is 2.42. The number of hydrogen-bond acceptors (Lipinski definition) is 1. The van der Waals surface area contributed by atoms with Crippen molar-refractivity contribution in [3.8, 4) is 0 Å². The van der Waals surface area contributed by atoms with E-state index < -0.39 is 5.97 Å². The molecule has 2 aromatic carbocycles. The van der Waals surface area contributed by atoms with Crippen LogP contribution in [0.1, 0.15) is 26.3 Å². The predicted molar refractivity (Wildman–Crippen MR) is 70.6 cm³/mol. The van der Waals surface area contributed by atoms with E-state index in [-0.39, 0.29) is 16.2 Å². The van der Waals surface area contributed by atoms with E-state index in [9.17, 15) is 9.18 Å². The van der Waals surface area contributed by atoms with Gasteiger partial charge in [-0.2, -0.15) is 0 Å². The number of rotatable bonds is 3. The Hall–Kier alpha value is -1.68. The van der Waals surface area contributed by atoms with E-state index in [0.29, 0.717) is 5.56 Å². The Morgan fingerprint density at radius 2 is 1.72 bits per heavy atom. The van der Waals surface area contributed by atoms with Gasteiger partial charge in [0.1, 0.15) is 5.82 Å². The lowest BCUT2D eigenvalue weighted by Crippen LogP contribution is -2.04. The third-order valence-corrected chi connectivity index (χ3v) is 3.65. The average Bonchev–Trinajstić information content (AvgIpc) is 2.39. The van der Waals surface area contributed by atoms with E-state index in [2.05, 4.69) is 15.9 Å². The summed E-state index contributed by atoms with van der Waals surface area (Å²) in [5.74, 6) is -1.29. The Morgan fingerprint density at radius 1 is 1.11 bits per heavy atom. The molecule has 2 nitrogen and oxygen atoms in total. The standard InChI is InChI=1S/C14H10BrFO2/c15-13(9-5-7-10(16)8-6-9)11-3-1-2-4-12(11)14(17)18/h1-8,13H,(H,17,18). The van der Waals surface area contributed by atoms with Gasteiger partial charge in [0.05, 0.1) is 10.4 Å². The Kier molecular flexibility index (Phi) is 3.77. The third-order valence-electron chi connectivity index (χ3n) is 2.63. The second-order valence-corrected chi connectivity index (χ2v) is 4.72. The first-order valence-electron chi connectivity index (χ1n) is 5.31. The molecule has 0 aromatic heterocycles. The van der Waals surface area contributed by atoms with Crippen LogP contribution in [-0.2, 0) is 0 Å². The van der Waals surface area contributed by atoms with Crippen LogP contribution in [0.15, 0.2) is 48.5 Å². The molecule has 0 radical (unpaired) electrons. The number of hydrogen-bond donors (Lipinski definition) is 1. The molecular formula is C14H10BrFO2. The van der Waals surface area contributed by atoms with Crippen molar-refractivity contribution < 1.29 is 14.3 Å². The van der Waals surface area contributed by atoms with E-state index >= 15 is 0 Å². The molecule has 0 aliphatic rings. The van der Waals surface area contributed by atoms with Crippen LogP contribution in [-0.4, -0.2) is 11.1 Å². The molecule has 1 atom stereocenters. The Morgan fingerprint density at radius 3 is 2.33 bits per heavy atom. The van der Waals surface area contributed by atoms with E-state index in [0.717, 1.165) is 5.56 Å². The van der Waals surface area contributed by atoms with Crippen molar-refractivity contribution in [1.82, 2.24) is 0 Å². The van der Waals surface area contributed by atoms with Gasteiger partial charge in [-0.3, -0.25) is 0 Å². The van der Waals surface area contributed by atoms with E-state index in [1.54, 1.807) is 36.4 Å². The molecule has 92 valence electrons. The van der Waals surface area contributed by atoms with Gasteiger partial charge in [0, 0.05) is 0 Å². The summed E-state index contributed by atoms with van der Waals surface area (Å²) in [5.41, 5.74) is 1.70. The van der Waals surface area contributed by atoms with Gasteiger partial charge in [-0.05, 0) is 29.3 Å². The second kappa shape index (κ2) is 5.31. The first-order valence-corrected chi connectivity index (χ1v) is 6.23. The molecule has 0 saturated heterocycles. The van der Waals surface area contributed by atoms with E-state index in [1.807, 2.05) is 0 Å². The molecular weight excluding hydrogens is 299 g/mol.